The van der Waals surface area contributed by atoms with Crippen LogP contribution in [0.15, 0.2) is 48.8 Å². The van der Waals surface area contributed by atoms with Crippen LogP contribution in [0.1, 0.15) is 49.1 Å². The number of rotatable bonds is 5. The minimum atomic E-state index is 0.158. The molecule has 0 fully saturated rings. The molecule has 2 aromatic rings. The lowest BCUT2D eigenvalue weighted by molar-refractivity contribution is -0.132. The van der Waals surface area contributed by atoms with Gasteiger partial charge in [0.2, 0.25) is 5.91 Å². The van der Waals surface area contributed by atoms with E-state index in [1.807, 2.05) is 36.1 Å². The van der Waals surface area contributed by atoms with Crippen LogP contribution >= 0.6 is 0 Å². The Kier molecular flexibility index (Phi) is 4.91. The van der Waals surface area contributed by atoms with Crippen LogP contribution in [0.2, 0.25) is 0 Å². The highest BCUT2D eigenvalue weighted by Crippen LogP contribution is 2.31. The van der Waals surface area contributed by atoms with Gasteiger partial charge in [-0.2, -0.15) is 0 Å². The zero-order chi connectivity index (χ0) is 16.1. The Morgan fingerprint density at radius 3 is 3.00 bits per heavy atom. The van der Waals surface area contributed by atoms with Gasteiger partial charge in [-0.05, 0) is 25.3 Å². The lowest BCUT2D eigenvalue weighted by Gasteiger charge is -2.32. The quantitative estimate of drug-likeness (QED) is 0.677. The van der Waals surface area contributed by atoms with Crippen LogP contribution in [0, 0.1) is 0 Å². The maximum Gasteiger partial charge on any atom is 0.222 e. The van der Waals surface area contributed by atoms with Crippen LogP contribution in [0.25, 0.3) is 0 Å². The summed E-state index contributed by atoms with van der Waals surface area (Å²) in [7, 11) is 0. The van der Waals surface area contributed by atoms with Gasteiger partial charge < -0.3 is 9.88 Å². The molecule has 1 aromatic carbocycles. The predicted octanol–water partition coefficient (Wildman–Crippen LogP) is 3.63. The molecule has 1 aromatic heterocycles. The fourth-order valence-corrected chi connectivity index (χ4v) is 3.16. The number of carbonyl (C=O) groups is 1. The number of benzene rings is 1. The molecule has 3 rings (SSSR count). The van der Waals surface area contributed by atoms with Gasteiger partial charge in [0.25, 0.3) is 0 Å². The van der Waals surface area contributed by atoms with Crippen molar-refractivity contribution in [3.05, 3.63) is 65.8 Å². The molecule has 120 valence electrons. The second-order valence-electron chi connectivity index (χ2n) is 5.97. The number of nitrogens with zero attached hydrogens (tertiary/aromatic N) is 2. The first-order valence-electron chi connectivity index (χ1n) is 8.25. The van der Waals surface area contributed by atoms with E-state index in [1.54, 1.807) is 6.33 Å². The average Bonchev–Trinajstić information content (AvgIpc) is 3.07. The Balaban J connectivity index is 1.74. The summed E-state index contributed by atoms with van der Waals surface area (Å²) in [5.41, 5.74) is 3.35. The molecular formula is C19H23N3O. The molecule has 2 heterocycles. The molecule has 1 unspecified atom stereocenters. The minimum Gasteiger partial charge on any atom is -0.347 e. The van der Waals surface area contributed by atoms with Crippen LogP contribution in [0.4, 0.5) is 0 Å². The van der Waals surface area contributed by atoms with E-state index < -0.39 is 0 Å². The third-order valence-corrected chi connectivity index (χ3v) is 4.39. The van der Waals surface area contributed by atoms with Gasteiger partial charge in [-0.1, -0.05) is 42.5 Å². The zero-order valence-electron chi connectivity index (χ0n) is 13.5. The summed E-state index contributed by atoms with van der Waals surface area (Å²) in [5.74, 6) is 0.390. The van der Waals surface area contributed by atoms with Crippen molar-refractivity contribution in [3.63, 3.8) is 0 Å². The van der Waals surface area contributed by atoms with E-state index in [1.165, 1.54) is 5.56 Å². The summed E-state index contributed by atoms with van der Waals surface area (Å²) in [6.07, 6.45) is 8.37. The van der Waals surface area contributed by atoms with Crippen molar-refractivity contribution < 1.29 is 4.79 Å². The third kappa shape index (κ3) is 3.52. The first-order chi connectivity index (χ1) is 11.3. The molecular weight excluding hydrogens is 286 g/mol. The largest absolute Gasteiger partial charge is 0.347 e. The normalized spacial score (nSPS) is 17.4. The smallest absolute Gasteiger partial charge is 0.222 e. The van der Waals surface area contributed by atoms with Crippen LogP contribution in [0.5, 0.6) is 0 Å². The van der Waals surface area contributed by atoms with E-state index in [0.717, 1.165) is 24.2 Å². The van der Waals surface area contributed by atoms with E-state index >= 15 is 0 Å². The van der Waals surface area contributed by atoms with Crippen molar-refractivity contribution in [3.8, 4) is 0 Å². The number of hydrogen-bond acceptors (Lipinski definition) is 2. The Bertz CT molecular complexity index is 675. The Labute approximate surface area is 137 Å². The van der Waals surface area contributed by atoms with E-state index in [4.69, 9.17) is 0 Å². The zero-order valence-corrected chi connectivity index (χ0v) is 13.5. The number of aromatic amines is 1. The standard InChI is InChI=1S/C19H23N3O/c1-2-3-4-8-11-18(23)22-12-16(15-9-6-5-7-10-15)19-17(13-22)20-14-21-19/h2-3,5-7,9-10,14,16H,4,8,11-13H2,1H3,(H,20,21)/b3-2+. The topological polar surface area (TPSA) is 49.0 Å². The monoisotopic (exact) mass is 309 g/mol. The Morgan fingerprint density at radius 1 is 1.39 bits per heavy atom. The Hall–Kier alpha value is -2.36. The number of imidazole rings is 1. The van der Waals surface area contributed by atoms with Crippen LogP contribution in [-0.4, -0.2) is 27.3 Å². The van der Waals surface area contributed by atoms with Crippen molar-refractivity contribution in [2.75, 3.05) is 6.54 Å². The van der Waals surface area contributed by atoms with Gasteiger partial charge in [0.1, 0.15) is 0 Å². The number of unbranched alkanes of at least 4 members (excludes halogenated alkanes) is 1. The number of carbonyl (C=O) groups excluding carboxylic acids is 1. The van der Waals surface area contributed by atoms with Crippen molar-refractivity contribution in [1.29, 1.82) is 0 Å². The van der Waals surface area contributed by atoms with E-state index in [9.17, 15) is 4.79 Å². The molecule has 1 aliphatic heterocycles. The van der Waals surface area contributed by atoms with Gasteiger partial charge >= 0.3 is 0 Å². The molecule has 1 aliphatic rings. The van der Waals surface area contributed by atoms with Crippen LogP contribution < -0.4 is 0 Å². The minimum absolute atomic E-state index is 0.158. The molecule has 1 N–H and O–H groups in total. The summed E-state index contributed by atoms with van der Waals surface area (Å²) in [5, 5.41) is 0. The van der Waals surface area contributed by atoms with Crippen molar-refractivity contribution in [2.24, 2.45) is 0 Å². The number of allylic oxidation sites excluding steroid dienone is 2. The molecule has 0 spiro atoms. The number of nitrogens with one attached hydrogen (secondary N) is 1. The highest BCUT2D eigenvalue weighted by molar-refractivity contribution is 5.76. The maximum atomic E-state index is 12.5. The highest BCUT2D eigenvalue weighted by Gasteiger charge is 2.30. The average molecular weight is 309 g/mol. The number of fused-ring (bicyclic) bond motifs is 1. The first kappa shape index (κ1) is 15.5. The molecule has 1 amide bonds. The summed E-state index contributed by atoms with van der Waals surface area (Å²) >= 11 is 0. The maximum absolute atomic E-state index is 12.5. The molecule has 1 atom stereocenters. The fraction of sp³-hybridized carbons (Fsp3) is 0.368. The number of hydrogen-bond donors (Lipinski definition) is 1. The number of amides is 1. The van der Waals surface area contributed by atoms with Gasteiger partial charge in [0.05, 0.1) is 24.3 Å². The molecule has 0 saturated carbocycles. The van der Waals surface area contributed by atoms with Gasteiger partial charge in [-0.25, -0.2) is 4.98 Å². The van der Waals surface area contributed by atoms with Crippen molar-refractivity contribution >= 4 is 5.91 Å². The number of aromatic nitrogens is 2. The molecule has 23 heavy (non-hydrogen) atoms. The second-order valence-corrected chi connectivity index (χ2v) is 5.97. The van der Waals surface area contributed by atoms with Gasteiger partial charge in [-0.3, -0.25) is 4.79 Å². The Morgan fingerprint density at radius 2 is 2.22 bits per heavy atom. The van der Waals surface area contributed by atoms with Crippen molar-refractivity contribution in [1.82, 2.24) is 14.9 Å². The second kappa shape index (κ2) is 7.27. The van der Waals surface area contributed by atoms with Gasteiger partial charge in [-0.15, -0.1) is 0 Å². The lowest BCUT2D eigenvalue weighted by Crippen LogP contribution is -2.38. The molecule has 0 aliphatic carbocycles. The van der Waals surface area contributed by atoms with Crippen molar-refractivity contribution in [2.45, 2.75) is 38.6 Å². The van der Waals surface area contributed by atoms with Gasteiger partial charge in [0, 0.05) is 18.9 Å². The summed E-state index contributed by atoms with van der Waals surface area (Å²) < 4.78 is 0. The van der Waals surface area contributed by atoms with Gasteiger partial charge in [0.15, 0.2) is 0 Å². The molecule has 4 heteroatoms. The van der Waals surface area contributed by atoms with E-state index in [0.29, 0.717) is 19.5 Å². The summed E-state index contributed by atoms with van der Waals surface area (Å²) in [6, 6.07) is 10.3. The molecule has 4 nitrogen and oxygen atoms in total. The van der Waals surface area contributed by atoms with E-state index in [-0.39, 0.29) is 11.8 Å². The SMILES string of the molecule is C/C=C/CCCC(=O)N1Cc2[nH]cnc2C(c2ccccc2)C1. The summed E-state index contributed by atoms with van der Waals surface area (Å²) in [4.78, 5) is 22.2. The van der Waals surface area contributed by atoms with E-state index in [2.05, 4.69) is 28.2 Å². The predicted molar refractivity (Wildman–Crippen MR) is 91.0 cm³/mol. The van der Waals surface area contributed by atoms with Crippen LogP contribution in [-0.2, 0) is 11.3 Å². The third-order valence-electron chi connectivity index (χ3n) is 4.39. The van der Waals surface area contributed by atoms with Crippen LogP contribution in [0.3, 0.4) is 0 Å². The first-order valence-corrected chi connectivity index (χ1v) is 8.25. The summed E-state index contributed by atoms with van der Waals surface area (Å²) in [6.45, 7) is 3.36. The molecule has 0 saturated heterocycles. The highest BCUT2D eigenvalue weighted by atomic mass is 16.2. The number of H-pyrrole nitrogens is 1. The lowest BCUT2D eigenvalue weighted by atomic mass is 9.91. The molecule has 0 bridgehead atoms. The fourth-order valence-electron chi connectivity index (χ4n) is 3.16. The molecule has 0 radical (unpaired) electrons.